The summed E-state index contributed by atoms with van der Waals surface area (Å²) in [6, 6.07) is 2.67. The SMILES string of the molecule is NC(=O)[C@@H]1[C@@H](O)CCN1C(=O)c1ccc(-c2cnc(OCC3CCN(CC4(C(F)(F)F)CCC4)CC3)cn2)c(F)c1. The highest BCUT2D eigenvalue weighted by Crippen LogP contribution is 2.53. The van der Waals surface area contributed by atoms with E-state index in [0.29, 0.717) is 26.1 Å². The van der Waals surface area contributed by atoms with Crippen LogP contribution < -0.4 is 10.5 Å². The lowest BCUT2D eigenvalue weighted by atomic mass is 9.67. The number of rotatable bonds is 8. The minimum Gasteiger partial charge on any atom is -0.476 e. The number of ether oxygens (including phenoxy) is 1. The first-order chi connectivity index (χ1) is 19.5. The van der Waals surface area contributed by atoms with E-state index in [1.54, 1.807) is 0 Å². The maximum atomic E-state index is 15.0. The standard InChI is InChI=1S/C28H33F4N5O4/c29-20-12-18(26(40)37-11-6-22(38)24(37)25(33)39)2-3-19(20)21-13-35-23(14-34-21)41-15-17-4-9-36(10-5-17)16-27(7-1-8-27)28(30,31)32/h2-3,12-14,17,22,24,38H,1,4-11,15-16H2,(H2,33,39)/t22-,24-/m0/s1. The highest BCUT2D eigenvalue weighted by molar-refractivity contribution is 5.98. The number of aliphatic hydroxyl groups excluding tert-OH is 1. The minimum atomic E-state index is -4.16. The predicted molar refractivity (Wildman–Crippen MR) is 139 cm³/mol. The van der Waals surface area contributed by atoms with Gasteiger partial charge in [-0.25, -0.2) is 14.4 Å². The molecular weight excluding hydrogens is 546 g/mol. The van der Waals surface area contributed by atoms with Gasteiger partial charge in [-0.1, -0.05) is 6.42 Å². The highest BCUT2D eigenvalue weighted by Gasteiger charge is 2.58. The number of likely N-dealkylation sites (tertiary alicyclic amines) is 2. The Morgan fingerprint density at radius 2 is 1.83 bits per heavy atom. The Hall–Kier alpha value is -3.32. The Kier molecular flexibility index (Phi) is 8.20. The summed E-state index contributed by atoms with van der Waals surface area (Å²) in [6.45, 7) is 1.74. The van der Waals surface area contributed by atoms with Crippen molar-refractivity contribution in [1.82, 2.24) is 19.8 Å². The highest BCUT2D eigenvalue weighted by atomic mass is 19.4. The van der Waals surface area contributed by atoms with E-state index in [-0.39, 0.29) is 61.0 Å². The van der Waals surface area contributed by atoms with Crippen molar-refractivity contribution in [3.63, 3.8) is 0 Å². The van der Waals surface area contributed by atoms with Crippen molar-refractivity contribution in [1.29, 1.82) is 0 Å². The van der Waals surface area contributed by atoms with Crippen molar-refractivity contribution in [2.45, 2.75) is 56.8 Å². The minimum absolute atomic E-state index is 0.00632. The van der Waals surface area contributed by atoms with Gasteiger partial charge in [0, 0.05) is 24.2 Å². The van der Waals surface area contributed by atoms with Crippen LogP contribution in [0.25, 0.3) is 11.3 Å². The molecule has 1 saturated carbocycles. The van der Waals surface area contributed by atoms with Crippen LogP contribution in [0.5, 0.6) is 5.88 Å². The molecule has 3 heterocycles. The number of aliphatic hydroxyl groups is 1. The van der Waals surface area contributed by atoms with Crippen molar-refractivity contribution in [2.24, 2.45) is 17.1 Å². The number of primary amides is 1. The number of halogens is 4. The van der Waals surface area contributed by atoms with E-state index in [1.807, 2.05) is 4.90 Å². The molecule has 0 bridgehead atoms. The number of aromatic nitrogens is 2. The van der Waals surface area contributed by atoms with Gasteiger partial charge in [-0.05, 0) is 69.3 Å². The van der Waals surface area contributed by atoms with Crippen LogP contribution in [0.4, 0.5) is 17.6 Å². The molecule has 41 heavy (non-hydrogen) atoms. The lowest BCUT2D eigenvalue weighted by Gasteiger charge is -2.47. The number of nitrogens with zero attached hydrogens (tertiary/aromatic N) is 4. The molecule has 9 nitrogen and oxygen atoms in total. The van der Waals surface area contributed by atoms with Crippen molar-refractivity contribution in [2.75, 3.05) is 32.8 Å². The Morgan fingerprint density at radius 1 is 1.10 bits per heavy atom. The number of piperidine rings is 1. The Morgan fingerprint density at radius 3 is 2.39 bits per heavy atom. The molecule has 1 aromatic heterocycles. The summed E-state index contributed by atoms with van der Waals surface area (Å²) >= 11 is 0. The molecule has 2 aromatic rings. The van der Waals surface area contributed by atoms with Crippen LogP contribution in [0.2, 0.25) is 0 Å². The fourth-order valence-corrected chi connectivity index (χ4v) is 5.98. The molecule has 0 spiro atoms. The van der Waals surface area contributed by atoms with Crippen molar-refractivity contribution >= 4 is 11.8 Å². The molecule has 13 heteroatoms. The molecule has 0 radical (unpaired) electrons. The number of benzene rings is 1. The van der Waals surface area contributed by atoms with Crippen LogP contribution in [0.15, 0.2) is 30.6 Å². The van der Waals surface area contributed by atoms with E-state index in [9.17, 15) is 32.3 Å². The third-order valence-corrected chi connectivity index (χ3v) is 8.65. The van der Waals surface area contributed by atoms with E-state index >= 15 is 0 Å². The number of carbonyl (C=O) groups excluding carboxylic acids is 2. The lowest BCUT2D eigenvalue weighted by molar-refractivity contribution is -0.256. The largest absolute Gasteiger partial charge is 0.476 e. The fraction of sp³-hybridized carbons (Fsp3) is 0.571. The molecule has 2 saturated heterocycles. The average Bonchev–Trinajstić information content (AvgIpc) is 3.31. The third-order valence-electron chi connectivity index (χ3n) is 8.65. The normalized spacial score (nSPS) is 23.3. The van der Waals surface area contributed by atoms with Gasteiger partial charge in [0.25, 0.3) is 5.91 Å². The summed E-state index contributed by atoms with van der Waals surface area (Å²) in [5.41, 5.74) is 4.12. The predicted octanol–water partition coefficient (Wildman–Crippen LogP) is 3.17. The van der Waals surface area contributed by atoms with Gasteiger partial charge >= 0.3 is 6.18 Å². The molecule has 222 valence electrons. The zero-order valence-corrected chi connectivity index (χ0v) is 22.4. The molecule has 3 aliphatic rings. The van der Waals surface area contributed by atoms with E-state index in [2.05, 4.69) is 9.97 Å². The van der Waals surface area contributed by atoms with Crippen LogP contribution in [0, 0.1) is 17.2 Å². The van der Waals surface area contributed by atoms with E-state index in [4.69, 9.17) is 10.5 Å². The fourth-order valence-electron chi connectivity index (χ4n) is 5.98. The summed E-state index contributed by atoms with van der Waals surface area (Å²) in [4.78, 5) is 36.0. The van der Waals surface area contributed by atoms with Crippen molar-refractivity contribution in [3.05, 3.63) is 42.0 Å². The van der Waals surface area contributed by atoms with Crippen LogP contribution in [0.3, 0.4) is 0 Å². The molecule has 2 amide bonds. The zero-order chi connectivity index (χ0) is 29.4. The zero-order valence-electron chi connectivity index (χ0n) is 22.4. The van der Waals surface area contributed by atoms with Crippen molar-refractivity contribution in [3.8, 4) is 17.1 Å². The quantitative estimate of drug-likeness (QED) is 0.461. The topological polar surface area (TPSA) is 122 Å². The summed E-state index contributed by atoms with van der Waals surface area (Å²) in [7, 11) is 0. The molecule has 5 rings (SSSR count). The second-order valence-electron chi connectivity index (χ2n) is 11.3. The Balaban J connectivity index is 1.13. The first kappa shape index (κ1) is 29.2. The van der Waals surface area contributed by atoms with Gasteiger partial charge in [0.2, 0.25) is 11.8 Å². The first-order valence-electron chi connectivity index (χ1n) is 13.8. The van der Waals surface area contributed by atoms with Crippen LogP contribution in [-0.2, 0) is 4.79 Å². The molecule has 2 aliphatic heterocycles. The van der Waals surface area contributed by atoms with Gasteiger partial charge in [-0.3, -0.25) is 9.59 Å². The number of nitrogens with two attached hydrogens (primary N) is 1. The van der Waals surface area contributed by atoms with E-state index < -0.39 is 41.4 Å². The summed E-state index contributed by atoms with van der Waals surface area (Å²) in [5.74, 6) is -1.72. The van der Waals surface area contributed by atoms with Gasteiger partial charge in [0.05, 0.1) is 36.2 Å². The summed E-state index contributed by atoms with van der Waals surface area (Å²) in [6.07, 6.45) is 0.208. The first-order valence-corrected chi connectivity index (χ1v) is 13.8. The van der Waals surface area contributed by atoms with Crippen LogP contribution in [0.1, 0.15) is 48.9 Å². The van der Waals surface area contributed by atoms with Crippen molar-refractivity contribution < 1.29 is 37.0 Å². The van der Waals surface area contributed by atoms with Gasteiger partial charge < -0.3 is 25.4 Å². The number of hydrogen-bond acceptors (Lipinski definition) is 7. The number of alkyl halides is 3. The molecule has 3 fully saturated rings. The van der Waals surface area contributed by atoms with E-state index in [1.165, 1.54) is 24.5 Å². The second kappa shape index (κ2) is 11.5. The molecule has 3 N–H and O–H groups in total. The Bertz CT molecular complexity index is 1260. The molecule has 1 aliphatic carbocycles. The van der Waals surface area contributed by atoms with Gasteiger partial charge in [0.15, 0.2) is 0 Å². The summed E-state index contributed by atoms with van der Waals surface area (Å²) < 4.78 is 61.2. The van der Waals surface area contributed by atoms with Crippen LogP contribution >= 0.6 is 0 Å². The number of carbonyl (C=O) groups is 2. The van der Waals surface area contributed by atoms with Gasteiger partial charge in [-0.2, -0.15) is 13.2 Å². The maximum absolute atomic E-state index is 15.0. The molecule has 1 aromatic carbocycles. The van der Waals surface area contributed by atoms with Gasteiger partial charge in [0.1, 0.15) is 11.9 Å². The molecule has 0 unspecified atom stereocenters. The number of hydrogen-bond donors (Lipinski definition) is 2. The average molecular weight is 580 g/mol. The van der Waals surface area contributed by atoms with Crippen LogP contribution in [-0.4, -0.2) is 87.8 Å². The second-order valence-corrected chi connectivity index (χ2v) is 11.3. The molecular formula is C28H33F4N5O4. The third kappa shape index (κ3) is 6.01. The number of amides is 2. The summed E-state index contributed by atoms with van der Waals surface area (Å²) in [5, 5.41) is 9.96. The Labute approximate surface area is 234 Å². The van der Waals surface area contributed by atoms with E-state index in [0.717, 1.165) is 23.8 Å². The van der Waals surface area contributed by atoms with Gasteiger partial charge in [-0.15, -0.1) is 0 Å². The molecule has 2 atom stereocenters. The lowest BCUT2D eigenvalue weighted by Crippen LogP contribution is -2.53. The monoisotopic (exact) mass is 579 g/mol. The maximum Gasteiger partial charge on any atom is 0.395 e. The smallest absolute Gasteiger partial charge is 0.395 e.